The minimum atomic E-state index is 0.296. The van der Waals surface area contributed by atoms with E-state index in [9.17, 15) is 0 Å². The Hall–Kier alpha value is -1.33. The Morgan fingerprint density at radius 3 is 2.94 bits per heavy atom. The van der Waals surface area contributed by atoms with Crippen LogP contribution in [0.1, 0.15) is 23.7 Å². The first-order valence-electron chi connectivity index (χ1n) is 6.06. The minimum absolute atomic E-state index is 0.296. The first kappa shape index (κ1) is 13.1. The average molecular weight is 265 g/mol. The average Bonchev–Trinajstić information content (AvgIpc) is 2.98. The highest BCUT2D eigenvalue weighted by molar-refractivity contribution is 7.10. The summed E-state index contributed by atoms with van der Waals surface area (Å²) in [5, 5.41) is 5.54. The number of ether oxygens (including phenoxy) is 1. The van der Waals surface area contributed by atoms with Gasteiger partial charge in [0.2, 0.25) is 0 Å². The van der Waals surface area contributed by atoms with Crippen molar-refractivity contribution in [2.24, 2.45) is 7.05 Å². The molecule has 0 saturated heterocycles. The van der Waals surface area contributed by atoms with Crippen molar-refractivity contribution >= 4 is 11.3 Å². The zero-order valence-corrected chi connectivity index (χ0v) is 11.8. The number of thiophene rings is 1. The molecule has 18 heavy (non-hydrogen) atoms. The van der Waals surface area contributed by atoms with E-state index in [-0.39, 0.29) is 0 Å². The van der Waals surface area contributed by atoms with Crippen LogP contribution in [-0.4, -0.2) is 23.2 Å². The predicted octanol–water partition coefficient (Wildman–Crippen LogP) is 2.38. The standard InChI is InChI=1S/C13H19N3OS/c1-4-14-11(8-13-15-5-6-16(13)2)12-7-10(17-3)9-18-12/h5-7,9,11,14H,4,8H2,1-3H3. The molecule has 0 aliphatic heterocycles. The smallest absolute Gasteiger partial charge is 0.129 e. The van der Waals surface area contributed by atoms with Crippen molar-refractivity contribution < 1.29 is 4.74 Å². The van der Waals surface area contributed by atoms with Gasteiger partial charge in [-0.15, -0.1) is 11.3 Å². The molecule has 98 valence electrons. The van der Waals surface area contributed by atoms with Crippen molar-refractivity contribution in [3.63, 3.8) is 0 Å². The largest absolute Gasteiger partial charge is 0.496 e. The van der Waals surface area contributed by atoms with Gasteiger partial charge in [0.1, 0.15) is 11.6 Å². The van der Waals surface area contributed by atoms with Crippen LogP contribution in [0.4, 0.5) is 0 Å². The molecule has 0 aliphatic rings. The zero-order chi connectivity index (χ0) is 13.0. The predicted molar refractivity (Wildman–Crippen MR) is 74.2 cm³/mol. The normalized spacial score (nSPS) is 12.6. The fraction of sp³-hybridized carbons (Fsp3) is 0.462. The second-order valence-corrected chi connectivity index (χ2v) is 5.10. The quantitative estimate of drug-likeness (QED) is 0.871. The number of aryl methyl sites for hydroxylation is 1. The van der Waals surface area contributed by atoms with Crippen molar-refractivity contribution in [2.75, 3.05) is 13.7 Å². The summed E-state index contributed by atoms with van der Waals surface area (Å²) in [5.41, 5.74) is 0. The van der Waals surface area contributed by atoms with Crippen molar-refractivity contribution in [1.29, 1.82) is 0 Å². The van der Waals surface area contributed by atoms with E-state index in [0.717, 1.165) is 24.5 Å². The fourth-order valence-corrected chi connectivity index (χ4v) is 2.85. The maximum atomic E-state index is 5.24. The molecule has 2 heterocycles. The van der Waals surface area contributed by atoms with Crippen LogP contribution in [0.5, 0.6) is 5.75 Å². The van der Waals surface area contributed by atoms with Crippen LogP contribution < -0.4 is 10.1 Å². The summed E-state index contributed by atoms with van der Waals surface area (Å²) in [7, 11) is 3.73. The third-order valence-electron chi connectivity index (χ3n) is 2.93. The second kappa shape index (κ2) is 6.02. The molecule has 4 nitrogen and oxygen atoms in total. The second-order valence-electron chi connectivity index (χ2n) is 4.16. The number of rotatable bonds is 6. The lowest BCUT2D eigenvalue weighted by molar-refractivity contribution is 0.415. The molecule has 0 radical (unpaired) electrons. The molecule has 0 aliphatic carbocycles. The summed E-state index contributed by atoms with van der Waals surface area (Å²) in [6.07, 6.45) is 4.71. The Bertz CT molecular complexity index is 492. The SMILES string of the molecule is CCNC(Cc1nccn1C)c1cc(OC)cs1. The lowest BCUT2D eigenvalue weighted by Crippen LogP contribution is -2.23. The van der Waals surface area contributed by atoms with Crippen LogP contribution in [0.3, 0.4) is 0 Å². The van der Waals surface area contributed by atoms with Gasteiger partial charge < -0.3 is 14.6 Å². The van der Waals surface area contributed by atoms with E-state index in [1.165, 1.54) is 4.88 Å². The molecular weight excluding hydrogens is 246 g/mol. The Morgan fingerprint density at radius 2 is 2.39 bits per heavy atom. The minimum Gasteiger partial charge on any atom is -0.496 e. The Labute approximate surface area is 112 Å². The van der Waals surface area contributed by atoms with Crippen LogP contribution in [0.25, 0.3) is 0 Å². The monoisotopic (exact) mass is 265 g/mol. The van der Waals surface area contributed by atoms with Crippen LogP contribution in [0.15, 0.2) is 23.8 Å². The fourth-order valence-electron chi connectivity index (χ4n) is 1.92. The number of nitrogens with one attached hydrogen (secondary N) is 1. The topological polar surface area (TPSA) is 39.1 Å². The summed E-state index contributed by atoms with van der Waals surface area (Å²) < 4.78 is 7.31. The Kier molecular flexibility index (Phi) is 4.38. The van der Waals surface area contributed by atoms with Gasteiger partial charge in [-0.3, -0.25) is 0 Å². The third-order valence-corrected chi connectivity index (χ3v) is 3.96. The van der Waals surface area contributed by atoms with Gasteiger partial charge in [-0.2, -0.15) is 0 Å². The van der Waals surface area contributed by atoms with E-state index in [0.29, 0.717) is 6.04 Å². The number of likely N-dealkylation sites (N-methyl/N-ethyl adjacent to an activating group) is 1. The summed E-state index contributed by atoms with van der Waals surface area (Å²) in [6.45, 7) is 3.06. The van der Waals surface area contributed by atoms with E-state index < -0.39 is 0 Å². The molecule has 2 rings (SSSR count). The highest BCUT2D eigenvalue weighted by Gasteiger charge is 2.16. The summed E-state index contributed by atoms with van der Waals surface area (Å²) >= 11 is 1.73. The molecule has 0 amide bonds. The van der Waals surface area contributed by atoms with Crippen molar-refractivity contribution in [2.45, 2.75) is 19.4 Å². The van der Waals surface area contributed by atoms with Crippen LogP contribution in [0, 0.1) is 0 Å². The van der Waals surface area contributed by atoms with Crippen LogP contribution in [0.2, 0.25) is 0 Å². The van der Waals surface area contributed by atoms with E-state index in [4.69, 9.17) is 4.74 Å². The summed E-state index contributed by atoms with van der Waals surface area (Å²) in [5.74, 6) is 2.02. The number of hydrogen-bond acceptors (Lipinski definition) is 4. The molecule has 0 spiro atoms. The number of aromatic nitrogens is 2. The van der Waals surface area contributed by atoms with E-state index in [1.54, 1.807) is 18.4 Å². The molecule has 0 bridgehead atoms. The molecule has 2 aromatic rings. The van der Waals surface area contributed by atoms with Gasteiger partial charge in [-0.25, -0.2) is 4.98 Å². The molecular formula is C13H19N3OS. The number of methoxy groups -OCH3 is 1. The zero-order valence-electron chi connectivity index (χ0n) is 11.0. The van der Waals surface area contributed by atoms with Gasteiger partial charge >= 0.3 is 0 Å². The molecule has 5 heteroatoms. The number of hydrogen-bond donors (Lipinski definition) is 1. The molecule has 0 fully saturated rings. The molecule has 2 aromatic heterocycles. The lowest BCUT2D eigenvalue weighted by Gasteiger charge is -2.16. The summed E-state index contributed by atoms with van der Waals surface area (Å²) in [4.78, 5) is 5.68. The molecule has 1 unspecified atom stereocenters. The molecule has 1 atom stereocenters. The van der Waals surface area contributed by atoms with Gasteiger partial charge in [0.25, 0.3) is 0 Å². The van der Waals surface area contributed by atoms with E-state index in [2.05, 4.69) is 27.9 Å². The van der Waals surface area contributed by atoms with Crippen molar-refractivity contribution in [1.82, 2.24) is 14.9 Å². The first-order valence-corrected chi connectivity index (χ1v) is 6.94. The van der Waals surface area contributed by atoms with Crippen LogP contribution >= 0.6 is 11.3 Å². The Morgan fingerprint density at radius 1 is 1.56 bits per heavy atom. The molecule has 0 aromatic carbocycles. The van der Waals surface area contributed by atoms with Gasteiger partial charge in [0.15, 0.2) is 0 Å². The Balaban J connectivity index is 2.15. The van der Waals surface area contributed by atoms with Crippen LogP contribution in [-0.2, 0) is 13.5 Å². The van der Waals surface area contributed by atoms with Gasteiger partial charge in [0.05, 0.1) is 7.11 Å². The molecule has 0 saturated carbocycles. The third kappa shape index (κ3) is 2.91. The maximum absolute atomic E-state index is 5.24. The van der Waals surface area contributed by atoms with E-state index >= 15 is 0 Å². The molecule has 1 N–H and O–H groups in total. The lowest BCUT2D eigenvalue weighted by atomic mass is 10.1. The van der Waals surface area contributed by atoms with Gasteiger partial charge in [-0.1, -0.05) is 6.92 Å². The summed E-state index contributed by atoms with van der Waals surface area (Å²) in [6, 6.07) is 2.39. The highest BCUT2D eigenvalue weighted by Crippen LogP contribution is 2.28. The number of nitrogens with zero attached hydrogens (tertiary/aromatic N) is 2. The first-order chi connectivity index (χ1) is 8.74. The number of imidazole rings is 1. The van der Waals surface area contributed by atoms with Gasteiger partial charge in [0, 0.05) is 42.2 Å². The van der Waals surface area contributed by atoms with Crippen molar-refractivity contribution in [3.05, 3.63) is 34.5 Å². The van der Waals surface area contributed by atoms with Gasteiger partial charge in [-0.05, 0) is 12.6 Å². The highest BCUT2D eigenvalue weighted by atomic mass is 32.1. The van der Waals surface area contributed by atoms with Crippen molar-refractivity contribution in [3.8, 4) is 5.75 Å². The maximum Gasteiger partial charge on any atom is 0.129 e. The van der Waals surface area contributed by atoms with E-state index in [1.807, 2.05) is 24.8 Å².